The first-order valence-electron chi connectivity index (χ1n) is 4.87. The molecule has 1 rings (SSSR count). The number of methoxy groups -OCH3 is 2. The van der Waals surface area contributed by atoms with Gasteiger partial charge in [0.15, 0.2) is 0 Å². The lowest BCUT2D eigenvalue weighted by Gasteiger charge is -2.19. The fraction of sp³-hybridized carbons (Fsp3) is 0.500. The van der Waals surface area contributed by atoms with Crippen LogP contribution in [0.2, 0.25) is 0 Å². The number of hydrogen-bond donors (Lipinski definition) is 0. The van der Waals surface area contributed by atoms with Crippen LogP contribution >= 0.6 is 11.8 Å². The SMILES string of the molecule is CCOC1=NC=C(C(=O)OC)C(C(=O)OC)S1. The molecule has 7 heteroatoms. The third-order valence-corrected chi connectivity index (χ3v) is 3.02. The maximum absolute atomic E-state index is 11.5. The van der Waals surface area contributed by atoms with E-state index in [1.807, 2.05) is 0 Å². The van der Waals surface area contributed by atoms with Crippen molar-refractivity contribution in [2.24, 2.45) is 4.99 Å². The molecule has 1 unspecified atom stereocenters. The van der Waals surface area contributed by atoms with Crippen LogP contribution in [0.3, 0.4) is 0 Å². The monoisotopic (exact) mass is 259 g/mol. The Morgan fingerprint density at radius 3 is 2.65 bits per heavy atom. The number of ether oxygens (including phenoxy) is 3. The third-order valence-electron chi connectivity index (χ3n) is 1.91. The zero-order valence-electron chi connectivity index (χ0n) is 9.76. The smallest absolute Gasteiger partial charge is 0.337 e. The number of hydrogen-bond acceptors (Lipinski definition) is 7. The van der Waals surface area contributed by atoms with Gasteiger partial charge in [-0.3, -0.25) is 4.79 Å². The minimum atomic E-state index is -0.800. The maximum atomic E-state index is 11.5. The van der Waals surface area contributed by atoms with Gasteiger partial charge in [-0.2, -0.15) is 0 Å². The van der Waals surface area contributed by atoms with E-state index in [1.54, 1.807) is 6.92 Å². The number of thioether (sulfide) groups is 1. The zero-order chi connectivity index (χ0) is 12.8. The van der Waals surface area contributed by atoms with Crippen molar-refractivity contribution >= 4 is 28.9 Å². The summed E-state index contributed by atoms with van der Waals surface area (Å²) in [5.41, 5.74) is 0.146. The second-order valence-electron chi connectivity index (χ2n) is 2.93. The van der Waals surface area contributed by atoms with Crippen LogP contribution in [0.25, 0.3) is 0 Å². The summed E-state index contributed by atoms with van der Waals surface area (Å²) < 4.78 is 14.4. The third kappa shape index (κ3) is 3.23. The van der Waals surface area contributed by atoms with Crippen LogP contribution in [0.5, 0.6) is 0 Å². The molecule has 17 heavy (non-hydrogen) atoms. The molecule has 0 saturated heterocycles. The van der Waals surface area contributed by atoms with Crippen molar-refractivity contribution in [3.8, 4) is 0 Å². The van der Waals surface area contributed by atoms with Gasteiger partial charge in [0.1, 0.15) is 5.25 Å². The molecule has 0 N–H and O–H groups in total. The molecule has 0 aromatic carbocycles. The highest BCUT2D eigenvalue weighted by atomic mass is 32.2. The number of nitrogens with zero attached hydrogens (tertiary/aromatic N) is 1. The lowest BCUT2D eigenvalue weighted by Crippen LogP contribution is -2.30. The number of rotatable bonds is 3. The average Bonchev–Trinajstić information content (AvgIpc) is 2.37. The van der Waals surface area contributed by atoms with Crippen molar-refractivity contribution in [2.75, 3.05) is 20.8 Å². The summed E-state index contributed by atoms with van der Waals surface area (Å²) in [5, 5.41) is -0.470. The van der Waals surface area contributed by atoms with Gasteiger partial charge in [0.2, 0.25) is 0 Å². The Kier molecular flexibility index (Phi) is 5.02. The van der Waals surface area contributed by atoms with Crippen LogP contribution in [0.1, 0.15) is 6.92 Å². The van der Waals surface area contributed by atoms with E-state index in [0.29, 0.717) is 11.8 Å². The summed E-state index contributed by atoms with van der Waals surface area (Å²) >= 11 is 1.02. The molecule has 6 nitrogen and oxygen atoms in total. The molecule has 1 atom stereocenters. The maximum Gasteiger partial charge on any atom is 0.337 e. The predicted molar refractivity (Wildman–Crippen MR) is 62.6 cm³/mol. The Morgan fingerprint density at radius 2 is 2.12 bits per heavy atom. The molecule has 0 spiro atoms. The summed E-state index contributed by atoms with van der Waals surface area (Å²) in [4.78, 5) is 26.9. The van der Waals surface area contributed by atoms with Crippen molar-refractivity contribution in [3.63, 3.8) is 0 Å². The molecular formula is C10H13NO5S. The molecule has 1 heterocycles. The highest BCUT2D eigenvalue weighted by Crippen LogP contribution is 2.28. The normalized spacial score (nSPS) is 18.9. The first-order valence-corrected chi connectivity index (χ1v) is 5.75. The lowest BCUT2D eigenvalue weighted by atomic mass is 10.2. The highest BCUT2D eigenvalue weighted by Gasteiger charge is 2.34. The van der Waals surface area contributed by atoms with E-state index in [-0.39, 0.29) is 5.57 Å². The molecular weight excluding hydrogens is 246 g/mol. The Hall–Kier alpha value is -1.50. The van der Waals surface area contributed by atoms with Gasteiger partial charge < -0.3 is 14.2 Å². The van der Waals surface area contributed by atoms with Crippen LogP contribution in [-0.2, 0) is 23.8 Å². The second kappa shape index (κ2) is 6.29. The van der Waals surface area contributed by atoms with Crippen molar-refractivity contribution < 1.29 is 23.8 Å². The minimum absolute atomic E-state index is 0.146. The summed E-state index contributed by atoms with van der Waals surface area (Å²) in [5.74, 6) is -1.15. The minimum Gasteiger partial charge on any atom is -0.473 e. The first kappa shape index (κ1) is 13.6. The van der Waals surface area contributed by atoms with Crippen LogP contribution in [0.15, 0.2) is 16.8 Å². The van der Waals surface area contributed by atoms with Gasteiger partial charge in [-0.25, -0.2) is 9.79 Å². The van der Waals surface area contributed by atoms with Gasteiger partial charge in [0.05, 0.1) is 26.4 Å². The van der Waals surface area contributed by atoms with Crippen LogP contribution in [0, 0.1) is 0 Å². The van der Waals surface area contributed by atoms with Crippen LogP contribution in [0.4, 0.5) is 0 Å². The molecule has 0 aromatic heterocycles. The van der Waals surface area contributed by atoms with E-state index in [0.717, 1.165) is 11.8 Å². The molecule has 0 bridgehead atoms. The Balaban J connectivity index is 2.95. The van der Waals surface area contributed by atoms with Gasteiger partial charge in [-0.1, -0.05) is 0 Å². The van der Waals surface area contributed by atoms with E-state index in [2.05, 4.69) is 14.5 Å². The second-order valence-corrected chi connectivity index (χ2v) is 3.98. The standard InChI is InChI=1S/C10H13NO5S/c1-4-16-10-11-5-6(8(12)14-2)7(17-10)9(13)15-3/h5,7H,4H2,1-3H3. The van der Waals surface area contributed by atoms with Crippen molar-refractivity contribution in [2.45, 2.75) is 12.2 Å². The number of aliphatic imine (C=N–C) groups is 1. The Labute approximate surface area is 103 Å². The largest absolute Gasteiger partial charge is 0.473 e. The Morgan fingerprint density at radius 1 is 1.41 bits per heavy atom. The lowest BCUT2D eigenvalue weighted by molar-refractivity contribution is -0.142. The van der Waals surface area contributed by atoms with Crippen LogP contribution < -0.4 is 0 Å². The van der Waals surface area contributed by atoms with Crippen LogP contribution in [-0.4, -0.2) is 43.2 Å². The molecule has 1 aliphatic heterocycles. The van der Waals surface area contributed by atoms with E-state index in [4.69, 9.17) is 4.74 Å². The van der Waals surface area contributed by atoms with Crippen molar-refractivity contribution in [1.29, 1.82) is 0 Å². The number of esters is 2. The summed E-state index contributed by atoms with van der Waals surface area (Å²) in [7, 11) is 2.49. The van der Waals surface area contributed by atoms with Gasteiger partial charge in [-0.05, 0) is 18.7 Å². The van der Waals surface area contributed by atoms with Gasteiger partial charge in [0, 0.05) is 6.20 Å². The molecule has 0 fully saturated rings. The molecule has 0 aliphatic carbocycles. The van der Waals surface area contributed by atoms with E-state index >= 15 is 0 Å². The predicted octanol–water partition coefficient (Wildman–Crippen LogP) is 0.724. The zero-order valence-corrected chi connectivity index (χ0v) is 10.6. The average molecular weight is 259 g/mol. The molecule has 0 aromatic rings. The van der Waals surface area contributed by atoms with E-state index in [1.165, 1.54) is 20.4 Å². The summed E-state index contributed by atoms with van der Waals surface area (Å²) in [6.07, 6.45) is 1.27. The molecule has 94 valence electrons. The van der Waals surface area contributed by atoms with Gasteiger partial charge in [-0.15, -0.1) is 0 Å². The molecule has 0 saturated carbocycles. The highest BCUT2D eigenvalue weighted by molar-refractivity contribution is 8.14. The first-order chi connectivity index (χ1) is 8.13. The topological polar surface area (TPSA) is 74.2 Å². The van der Waals surface area contributed by atoms with Gasteiger partial charge in [0.25, 0.3) is 5.23 Å². The quantitative estimate of drug-likeness (QED) is 0.695. The van der Waals surface area contributed by atoms with E-state index < -0.39 is 17.2 Å². The molecule has 0 radical (unpaired) electrons. The van der Waals surface area contributed by atoms with Crippen molar-refractivity contribution in [3.05, 3.63) is 11.8 Å². The van der Waals surface area contributed by atoms with E-state index in [9.17, 15) is 9.59 Å². The fourth-order valence-corrected chi connectivity index (χ4v) is 2.12. The number of carbonyl (C=O) groups is 2. The number of carbonyl (C=O) groups excluding carboxylic acids is 2. The van der Waals surface area contributed by atoms with Crippen molar-refractivity contribution in [1.82, 2.24) is 0 Å². The molecule has 0 amide bonds. The summed E-state index contributed by atoms with van der Waals surface area (Å²) in [6, 6.07) is 0. The fourth-order valence-electron chi connectivity index (χ4n) is 1.14. The van der Waals surface area contributed by atoms with Gasteiger partial charge >= 0.3 is 11.9 Å². The Bertz CT molecular complexity index is 377. The molecule has 1 aliphatic rings. The summed E-state index contributed by atoms with van der Waals surface area (Å²) in [6.45, 7) is 2.23.